The average Bonchev–Trinajstić information content (AvgIpc) is 2.83. The number of hydrogen-bond acceptors (Lipinski definition) is 3. The molecule has 90 valence electrons. The van der Waals surface area contributed by atoms with Crippen LogP contribution < -0.4 is 0 Å². The van der Waals surface area contributed by atoms with Crippen molar-refractivity contribution < 1.29 is 14.6 Å². The van der Waals surface area contributed by atoms with Gasteiger partial charge in [0.15, 0.2) is 14.1 Å². The van der Waals surface area contributed by atoms with Gasteiger partial charge in [-0.2, -0.15) is 0 Å². The normalized spacial score (nSPS) is 22.6. The van der Waals surface area contributed by atoms with Crippen LogP contribution in [0.3, 0.4) is 0 Å². The van der Waals surface area contributed by atoms with Gasteiger partial charge in [0, 0.05) is 5.92 Å². The van der Waals surface area contributed by atoms with Crippen molar-refractivity contribution in [2.75, 3.05) is 0 Å². The Hall–Kier alpha value is 0.0969. The van der Waals surface area contributed by atoms with E-state index in [9.17, 15) is 0 Å². The highest BCUT2D eigenvalue weighted by Crippen LogP contribution is 2.47. The van der Waals surface area contributed by atoms with Crippen LogP contribution in [0.25, 0.3) is 0 Å². The molecule has 1 N–H and O–H groups in total. The zero-order chi connectivity index (χ0) is 11.9. The first-order valence-corrected chi connectivity index (χ1v) is 8.56. The van der Waals surface area contributed by atoms with Gasteiger partial charge in [-0.25, -0.2) is 10.1 Å². The van der Waals surface area contributed by atoms with E-state index in [1.807, 2.05) is 6.92 Å². The maximum Gasteiger partial charge on any atom is 0.195 e. The lowest BCUT2D eigenvalue weighted by molar-refractivity contribution is -0.385. The standard InChI is InChI=1S/C11H24O3Si/c1-10(2,3)15(5,6)14-11(4,13-12)9-7-8-9/h9,12H,7-8H2,1-6H3. The second-order valence-corrected chi connectivity index (χ2v) is 11.0. The monoisotopic (exact) mass is 232 g/mol. The van der Waals surface area contributed by atoms with Crippen LogP contribution in [0.4, 0.5) is 0 Å². The maximum absolute atomic E-state index is 9.02. The van der Waals surface area contributed by atoms with Crippen molar-refractivity contribution in [1.29, 1.82) is 0 Å². The van der Waals surface area contributed by atoms with E-state index in [-0.39, 0.29) is 5.04 Å². The molecule has 4 heteroatoms. The van der Waals surface area contributed by atoms with E-state index in [0.29, 0.717) is 5.92 Å². The summed E-state index contributed by atoms with van der Waals surface area (Å²) >= 11 is 0. The molecule has 0 amide bonds. The van der Waals surface area contributed by atoms with E-state index in [1.54, 1.807) is 0 Å². The Morgan fingerprint density at radius 3 is 1.87 bits per heavy atom. The SMILES string of the molecule is CC(OO)(O[Si](C)(C)C(C)(C)C)C1CC1. The van der Waals surface area contributed by atoms with Crippen LogP contribution in [0.1, 0.15) is 40.5 Å². The van der Waals surface area contributed by atoms with Crippen LogP contribution in [0.15, 0.2) is 0 Å². The van der Waals surface area contributed by atoms with Gasteiger partial charge < -0.3 is 4.43 Å². The Morgan fingerprint density at radius 1 is 1.13 bits per heavy atom. The molecular formula is C11H24O3Si. The second-order valence-electron chi connectivity index (χ2n) is 6.24. The van der Waals surface area contributed by atoms with Gasteiger partial charge in [-0.15, -0.1) is 0 Å². The van der Waals surface area contributed by atoms with Crippen molar-refractivity contribution in [2.24, 2.45) is 5.92 Å². The van der Waals surface area contributed by atoms with Gasteiger partial charge in [0.25, 0.3) is 0 Å². The summed E-state index contributed by atoms with van der Waals surface area (Å²) in [6.07, 6.45) is 2.18. The van der Waals surface area contributed by atoms with Crippen LogP contribution in [-0.4, -0.2) is 19.4 Å². The van der Waals surface area contributed by atoms with E-state index in [1.165, 1.54) is 0 Å². The molecule has 0 aliphatic heterocycles. The first kappa shape index (κ1) is 13.2. The Labute approximate surface area is 93.8 Å². The third-order valence-corrected chi connectivity index (χ3v) is 8.29. The van der Waals surface area contributed by atoms with Gasteiger partial charge in [-0.1, -0.05) is 20.8 Å². The summed E-state index contributed by atoms with van der Waals surface area (Å²) in [5, 5.41) is 9.16. The molecule has 0 aromatic carbocycles. The molecule has 0 aromatic heterocycles. The quantitative estimate of drug-likeness (QED) is 0.348. The van der Waals surface area contributed by atoms with Gasteiger partial charge >= 0.3 is 0 Å². The minimum Gasteiger partial charge on any atom is -0.388 e. The number of hydrogen-bond donors (Lipinski definition) is 1. The predicted octanol–water partition coefficient (Wildman–Crippen LogP) is 3.62. The summed E-state index contributed by atoms with van der Waals surface area (Å²) in [7, 11) is -1.87. The fourth-order valence-corrected chi connectivity index (χ4v) is 2.97. The molecule has 1 atom stereocenters. The lowest BCUT2D eigenvalue weighted by Gasteiger charge is -2.42. The summed E-state index contributed by atoms with van der Waals surface area (Å²) in [4.78, 5) is 4.61. The molecule has 0 heterocycles. The highest BCUT2D eigenvalue weighted by atomic mass is 28.4. The zero-order valence-corrected chi connectivity index (χ0v) is 11.8. The van der Waals surface area contributed by atoms with Crippen molar-refractivity contribution >= 4 is 8.32 Å². The summed E-state index contributed by atoms with van der Waals surface area (Å²) in [5.74, 6) is -0.431. The van der Waals surface area contributed by atoms with Crippen LogP contribution in [0.5, 0.6) is 0 Å². The van der Waals surface area contributed by atoms with Crippen molar-refractivity contribution in [3.05, 3.63) is 0 Å². The van der Waals surface area contributed by atoms with E-state index in [4.69, 9.17) is 9.68 Å². The fraction of sp³-hybridized carbons (Fsp3) is 1.00. The lowest BCUT2D eigenvalue weighted by Crippen LogP contribution is -2.50. The molecule has 0 spiro atoms. The van der Waals surface area contributed by atoms with Crippen molar-refractivity contribution in [1.82, 2.24) is 0 Å². The fourth-order valence-electron chi connectivity index (χ4n) is 1.44. The van der Waals surface area contributed by atoms with Gasteiger partial charge in [-0.3, -0.25) is 0 Å². The summed E-state index contributed by atoms with van der Waals surface area (Å²) < 4.78 is 6.13. The molecule has 3 nitrogen and oxygen atoms in total. The Bertz CT molecular complexity index is 228. The third-order valence-electron chi connectivity index (χ3n) is 3.76. The molecule has 1 aliphatic rings. The Kier molecular flexibility index (Phi) is 3.37. The predicted molar refractivity (Wildman–Crippen MR) is 63.1 cm³/mol. The van der Waals surface area contributed by atoms with Crippen LogP contribution in [0.2, 0.25) is 18.1 Å². The molecule has 1 unspecified atom stereocenters. The molecule has 1 fully saturated rings. The van der Waals surface area contributed by atoms with Gasteiger partial charge in [0.1, 0.15) is 0 Å². The third kappa shape index (κ3) is 2.81. The van der Waals surface area contributed by atoms with E-state index in [2.05, 4.69) is 38.8 Å². The molecule has 1 aliphatic carbocycles. The summed E-state index contributed by atoms with van der Waals surface area (Å²) in [6.45, 7) is 12.8. The highest BCUT2D eigenvalue weighted by molar-refractivity contribution is 6.74. The summed E-state index contributed by atoms with van der Waals surface area (Å²) in [5.41, 5.74) is 0. The smallest absolute Gasteiger partial charge is 0.195 e. The molecule has 0 radical (unpaired) electrons. The minimum atomic E-state index is -1.87. The van der Waals surface area contributed by atoms with E-state index < -0.39 is 14.1 Å². The maximum atomic E-state index is 9.02. The average molecular weight is 232 g/mol. The van der Waals surface area contributed by atoms with Crippen molar-refractivity contribution in [3.8, 4) is 0 Å². The highest BCUT2D eigenvalue weighted by Gasteiger charge is 2.50. The molecule has 1 rings (SSSR count). The molecular weight excluding hydrogens is 208 g/mol. The van der Waals surface area contributed by atoms with Crippen LogP contribution in [-0.2, 0) is 9.31 Å². The lowest BCUT2D eigenvalue weighted by atomic mass is 10.2. The van der Waals surface area contributed by atoms with Gasteiger partial charge in [-0.05, 0) is 37.9 Å². The van der Waals surface area contributed by atoms with Crippen LogP contribution >= 0.6 is 0 Å². The second kappa shape index (κ2) is 3.84. The van der Waals surface area contributed by atoms with E-state index in [0.717, 1.165) is 12.8 Å². The molecule has 0 aromatic rings. The topological polar surface area (TPSA) is 38.7 Å². The number of rotatable bonds is 4. The first-order chi connectivity index (χ1) is 6.62. The molecule has 0 bridgehead atoms. The minimum absolute atomic E-state index is 0.141. The first-order valence-electron chi connectivity index (χ1n) is 5.65. The molecule has 0 saturated heterocycles. The zero-order valence-electron chi connectivity index (χ0n) is 10.8. The van der Waals surface area contributed by atoms with Gasteiger partial charge in [0.05, 0.1) is 0 Å². The van der Waals surface area contributed by atoms with E-state index >= 15 is 0 Å². The summed E-state index contributed by atoms with van der Waals surface area (Å²) in [6, 6.07) is 0. The Balaban J connectivity index is 2.74. The van der Waals surface area contributed by atoms with Gasteiger partial charge in [0.2, 0.25) is 0 Å². The largest absolute Gasteiger partial charge is 0.388 e. The molecule has 1 saturated carbocycles. The van der Waals surface area contributed by atoms with Crippen LogP contribution in [0, 0.1) is 5.92 Å². The molecule has 15 heavy (non-hydrogen) atoms. The van der Waals surface area contributed by atoms with Crippen molar-refractivity contribution in [2.45, 2.75) is 64.5 Å². The Morgan fingerprint density at radius 2 is 1.60 bits per heavy atom. The van der Waals surface area contributed by atoms with Crippen molar-refractivity contribution in [3.63, 3.8) is 0 Å².